The van der Waals surface area contributed by atoms with Crippen LogP contribution in [0.2, 0.25) is 0 Å². The number of anilines is 1. The van der Waals surface area contributed by atoms with Crippen LogP contribution in [0.15, 0.2) is 40.0 Å². The molecule has 0 bridgehead atoms. The fourth-order valence-corrected chi connectivity index (χ4v) is 4.72. The van der Waals surface area contributed by atoms with E-state index in [1.165, 1.54) is 33.5 Å². The van der Waals surface area contributed by atoms with Gasteiger partial charge in [-0.15, -0.1) is 0 Å². The molecule has 7 nitrogen and oxygen atoms in total. The highest BCUT2D eigenvalue weighted by Crippen LogP contribution is 2.25. The number of piperidine rings is 1. The lowest BCUT2D eigenvalue weighted by atomic mass is 9.98. The number of aromatic nitrogens is 2. The molecule has 1 aliphatic heterocycles. The summed E-state index contributed by atoms with van der Waals surface area (Å²) >= 11 is 3.16. The maximum atomic E-state index is 13.9. The molecule has 1 aromatic carbocycles. The van der Waals surface area contributed by atoms with Crippen LogP contribution in [0.25, 0.3) is 0 Å². The Labute approximate surface area is 159 Å². The van der Waals surface area contributed by atoms with E-state index in [9.17, 15) is 17.6 Å². The van der Waals surface area contributed by atoms with E-state index in [0.717, 1.165) is 0 Å². The molecule has 1 saturated heterocycles. The van der Waals surface area contributed by atoms with Crippen molar-refractivity contribution >= 4 is 37.5 Å². The number of sulfonamides is 1. The van der Waals surface area contributed by atoms with E-state index in [2.05, 4.69) is 26.3 Å². The highest BCUT2D eigenvalue weighted by molar-refractivity contribution is 9.10. The largest absolute Gasteiger partial charge is 0.323 e. The summed E-state index contributed by atoms with van der Waals surface area (Å²) in [6.07, 6.45) is 3.82. The van der Waals surface area contributed by atoms with Gasteiger partial charge in [-0.3, -0.25) is 9.48 Å². The Morgan fingerprint density at radius 2 is 2.19 bits per heavy atom. The molecular weight excluding hydrogens is 427 g/mol. The first-order valence-electron chi connectivity index (χ1n) is 8.02. The molecule has 26 heavy (non-hydrogen) atoms. The van der Waals surface area contributed by atoms with Crippen LogP contribution in [0, 0.1) is 11.7 Å². The third-order valence-corrected chi connectivity index (χ3v) is 6.57. The number of rotatable bonds is 4. The first-order valence-corrected chi connectivity index (χ1v) is 10.3. The second kappa shape index (κ2) is 7.45. The number of nitrogens with zero attached hydrogens (tertiary/aromatic N) is 3. The van der Waals surface area contributed by atoms with E-state index < -0.39 is 27.7 Å². The molecule has 0 aliphatic carbocycles. The maximum Gasteiger partial charge on any atom is 0.246 e. The van der Waals surface area contributed by atoms with Crippen molar-refractivity contribution in [1.82, 2.24) is 14.1 Å². The minimum Gasteiger partial charge on any atom is -0.323 e. The Bertz CT molecular complexity index is 931. The van der Waals surface area contributed by atoms with E-state index in [4.69, 9.17) is 0 Å². The third-order valence-electron chi connectivity index (χ3n) is 4.26. The van der Waals surface area contributed by atoms with Gasteiger partial charge in [0, 0.05) is 30.8 Å². The van der Waals surface area contributed by atoms with E-state index >= 15 is 0 Å². The monoisotopic (exact) mass is 444 g/mol. The lowest BCUT2D eigenvalue weighted by Crippen LogP contribution is -2.43. The molecule has 1 fully saturated rings. The molecule has 1 N–H and O–H groups in total. The Balaban J connectivity index is 1.72. The normalized spacial score (nSPS) is 18.7. The highest BCUT2D eigenvalue weighted by Gasteiger charge is 2.34. The molecule has 0 radical (unpaired) electrons. The minimum atomic E-state index is -3.70. The van der Waals surface area contributed by atoms with Gasteiger partial charge in [0.2, 0.25) is 15.9 Å². The number of nitrogens with one attached hydrogen (secondary N) is 1. The summed E-state index contributed by atoms with van der Waals surface area (Å²) in [5.41, 5.74) is 0.0745. The topological polar surface area (TPSA) is 84.3 Å². The van der Waals surface area contributed by atoms with Crippen molar-refractivity contribution in [2.24, 2.45) is 13.0 Å². The molecule has 3 rings (SSSR count). The van der Waals surface area contributed by atoms with E-state index in [0.29, 0.717) is 23.9 Å². The first-order chi connectivity index (χ1) is 12.3. The van der Waals surface area contributed by atoms with Crippen molar-refractivity contribution in [3.63, 3.8) is 0 Å². The Morgan fingerprint density at radius 1 is 1.42 bits per heavy atom. The summed E-state index contributed by atoms with van der Waals surface area (Å²) in [6.45, 7) is 0.398. The summed E-state index contributed by atoms with van der Waals surface area (Å²) in [5, 5.41) is 6.44. The fraction of sp³-hybridized carbons (Fsp3) is 0.375. The summed E-state index contributed by atoms with van der Waals surface area (Å²) < 4.78 is 42.6. The van der Waals surface area contributed by atoms with Gasteiger partial charge >= 0.3 is 0 Å². The van der Waals surface area contributed by atoms with E-state index in [-0.39, 0.29) is 17.1 Å². The molecule has 1 aromatic heterocycles. The summed E-state index contributed by atoms with van der Waals surface area (Å²) in [4.78, 5) is 12.6. The zero-order valence-corrected chi connectivity index (χ0v) is 16.4. The number of aryl methyl sites for hydroxylation is 1. The van der Waals surface area contributed by atoms with Gasteiger partial charge in [-0.05, 0) is 31.0 Å². The molecule has 1 aliphatic rings. The molecular formula is C16H18BrFN4O3S. The smallest absolute Gasteiger partial charge is 0.246 e. The van der Waals surface area contributed by atoms with Gasteiger partial charge < -0.3 is 5.32 Å². The standard InChI is InChI=1S/C16H18BrFN4O3S/c1-21-10-13(8-19-21)26(24,25)22-6-2-3-11(9-22)16(23)20-15-5-4-12(17)7-14(15)18/h4-5,7-8,10-11H,2-3,6,9H2,1H3,(H,20,23)/t11-/m1/s1. The number of benzene rings is 1. The zero-order valence-electron chi connectivity index (χ0n) is 14.0. The van der Waals surface area contributed by atoms with Gasteiger partial charge in [0.15, 0.2) is 0 Å². The van der Waals surface area contributed by atoms with Crippen molar-refractivity contribution in [3.05, 3.63) is 40.9 Å². The molecule has 0 unspecified atom stereocenters. The third kappa shape index (κ3) is 3.97. The average molecular weight is 445 g/mol. The van der Waals surface area contributed by atoms with E-state index in [1.807, 2.05) is 0 Å². The fourth-order valence-electron chi connectivity index (χ4n) is 2.88. The van der Waals surface area contributed by atoms with Gasteiger partial charge in [0.1, 0.15) is 10.7 Å². The van der Waals surface area contributed by atoms with Gasteiger partial charge in [-0.2, -0.15) is 9.40 Å². The van der Waals surface area contributed by atoms with Crippen LogP contribution in [-0.2, 0) is 21.9 Å². The predicted octanol–water partition coefficient (Wildman–Crippen LogP) is 2.36. The SMILES string of the molecule is Cn1cc(S(=O)(=O)N2CCC[C@@H](C(=O)Nc3ccc(Br)cc3F)C2)cn1. The van der Waals surface area contributed by atoms with Crippen molar-refractivity contribution in [2.75, 3.05) is 18.4 Å². The number of carbonyl (C=O) groups excluding carboxylic acids is 1. The molecule has 0 spiro atoms. The second-order valence-electron chi connectivity index (χ2n) is 6.17. The molecule has 1 amide bonds. The average Bonchev–Trinajstić information content (AvgIpc) is 3.05. The lowest BCUT2D eigenvalue weighted by molar-refractivity contribution is -0.120. The Morgan fingerprint density at radius 3 is 2.85 bits per heavy atom. The number of hydrogen-bond donors (Lipinski definition) is 1. The van der Waals surface area contributed by atoms with Crippen LogP contribution in [0.5, 0.6) is 0 Å². The quantitative estimate of drug-likeness (QED) is 0.784. The first kappa shape index (κ1) is 19.0. The van der Waals surface area contributed by atoms with Gasteiger partial charge in [0.25, 0.3) is 0 Å². The molecule has 0 saturated carbocycles. The van der Waals surface area contributed by atoms with Gasteiger partial charge in [-0.25, -0.2) is 12.8 Å². The molecule has 140 valence electrons. The number of halogens is 2. The van der Waals surface area contributed by atoms with Crippen LogP contribution in [0.1, 0.15) is 12.8 Å². The van der Waals surface area contributed by atoms with Crippen LogP contribution in [0.3, 0.4) is 0 Å². The Kier molecular flexibility index (Phi) is 5.44. The second-order valence-corrected chi connectivity index (χ2v) is 9.02. The molecule has 2 aromatic rings. The number of amides is 1. The number of hydrogen-bond acceptors (Lipinski definition) is 4. The molecule has 1 atom stereocenters. The predicted molar refractivity (Wildman–Crippen MR) is 97.4 cm³/mol. The van der Waals surface area contributed by atoms with Crippen molar-refractivity contribution in [3.8, 4) is 0 Å². The van der Waals surface area contributed by atoms with Crippen LogP contribution in [0.4, 0.5) is 10.1 Å². The van der Waals surface area contributed by atoms with Crippen molar-refractivity contribution in [2.45, 2.75) is 17.7 Å². The molecule has 10 heteroatoms. The van der Waals surface area contributed by atoms with Crippen molar-refractivity contribution < 1.29 is 17.6 Å². The lowest BCUT2D eigenvalue weighted by Gasteiger charge is -2.30. The Hall–Kier alpha value is -1.78. The van der Waals surface area contributed by atoms with Crippen LogP contribution in [-0.4, -0.2) is 41.5 Å². The van der Waals surface area contributed by atoms with Crippen LogP contribution < -0.4 is 5.32 Å². The van der Waals surface area contributed by atoms with Gasteiger partial charge in [-0.1, -0.05) is 15.9 Å². The van der Waals surface area contributed by atoms with Crippen LogP contribution >= 0.6 is 15.9 Å². The minimum absolute atomic E-state index is 0.0568. The van der Waals surface area contributed by atoms with E-state index in [1.54, 1.807) is 13.1 Å². The zero-order chi connectivity index (χ0) is 18.9. The highest BCUT2D eigenvalue weighted by atomic mass is 79.9. The number of carbonyl (C=O) groups is 1. The molecule has 2 heterocycles. The maximum absolute atomic E-state index is 13.9. The summed E-state index contributed by atoms with van der Waals surface area (Å²) in [5.74, 6) is -1.49. The van der Waals surface area contributed by atoms with Gasteiger partial charge in [0.05, 0.1) is 17.8 Å². The summed E-state index contributed by atoms with van der Waals surface area (Å²) in [7, 11) is -2.07. The summed E-state index contributed by atoms with van der Waals surface area (Å²) in [6, 6.07) is 4.35. The van der Waals surface area contributed by atoms with Crippen molar-refractivity contribution in [1.29, 1.82) is 0 Å².